The molecule has 0 aliphatic carbocycles. The van der Waals surface area contributed by atoms with Crippen molar-refractivity contribution < 1.29 is 14.3 Å². The van der Waals surface area contributed by atoms with Crippen LogP contribution in [0.15, 0.2) is 107 Å². The van der Waals surface area contributed by atoms with Crippen LogP contribution >= 0.6 is 24.0 Å². The highest BCUT2D eigenvalue weighted by Gasteiger charge is 2.27. The zero-order chi connectivity index (χ0) is 25.5. The average molecular weight is 515 g/mol. The van der Waals surface area contributed by atoms with E-state index in [1.807, 2.05) is 54.6 Å². The number of hydrogen-bond acceptors (Lipinski definition) is 6. The maximum Gasteiger partial charge on any atom is 0.346 e. The Labute approximate surface area is 217 Å². The fourth-order valence-corrected chi connectivity index (χ4v) is 4.86. The summed E-state index contributed by atoms with van der Waals surface area (Å²) in [4.78, 5) is 39.9. The molecule has 0 atom stereocenters. The number of rotatable bonds is 7. The molecule has 4 rings (SSSR count). The first kappa shape index (κ1) is 25.1. The molecule has 0 saturated carbocycles. The van der Waals surface area contributed by atoms with Gasteiger partial charge in [0.05, 0.1) is 12.3 Å². The van der Waals surface area contributed by atoms with E-state index in [9.17, 15) is 14.4 Å². The van der Waals surface area contributed by atoms with Crippen LogP contribution in [0.3, 0.4) is 0 Å². The molecular formula is C28H22N2O4S2. The third kappa shape index (κ3) is 5.45. The largest absolute Gasteiger partial charge is 0.462 e. The summed E-state index contributed by atoms with van der Waals surface area (Å²) in [5, 5.41) is -0.273. The molecule has 180 valence electrons. The number of para-hydroxylation sites is 2. The molecule has 0 N–H and O–H groups in total. The van der Waals surface area contributed by atoms with Crippen molar-refractivity contribution in [2.24, 2.45) is 0 Å². The Kier molecular flexibility index (Phi) is 8.10. The van der Waals surface area contributed by atoms with E-state index in [-0.39, 0.29) is 27.1 Å². The Morgan fingerprint density at radius 2 is 1.39 bits per heavy atom. The molecular weight excluding hydrogens is 492 g/mol. The summed E-state index contributed by atoms with van der Waals surface area (Å²) >= 11 is 6.52. The Bertz CT molecular complexity index is 1530. The van der Waals surface area contributed by atoms with Crippen LogP contribution in [-0.4, -0.2) is 26.8 Å². The van der Waals surface area contributed by atoms with Gasteiger partial charge >= 0.3 is 5.97 Å². The monoisotopic (exact) mass is 514 g/mol. The van der Waals surface area contributed by atoms with Crippen LogP contribution in [0.5, 0.6) is 0 Å². The molecule has 0 unspecified atom stereocenters. The number of esters is 1. The van der Waals surface area contributed by atoms with Gasteiger partial charge in [0.1, 0.15) is 5.03 Å². The Morgan fingerprint density at radius 3 is 1.94 bits per heavy atom. The van der Waals surface area contributed by atoms with Gasteiger partial charge in [-0.3, -0.25) is 18.7 Å². The lowest BCUT2D eigenvalue weighted by molar-refractivity contribution is -0.107. The predicted molar refractivity (Wildman–Crippen MR) is 144 cm³/mol. The highest BCUT2D eigenvalue weighted by atomic mass is 32.2. The zero-order valence-corrected chi connectivity index (χ0v) is 21.0. The Morgan fingerprint density at radius 1 is 0.861 bits per heavy atom. The van der Waals surface area contributed by atoms with Crippen molar-refractivity contribution >= 4 is 41.1 Å². The number of hydrogen-bond donors (Lipinski definition) is 0. The van der Waals surface area contributed by atoms with Crippen LogP contribution in [0.1, 0.15) is 22.8 Å². The number of carbonyl (C=O) groups is 2. The van der Waals surface area contributed by atoms with Crippen molar-refractivity contribution in [2.75, 3.05) is 6.61 Å². The molecule has 0 spiro atoms. The molecule has 1 heterocycles. The van der Waals surface area contributed by atoms with Crippen LogP contribution in [0, 0.1) is 4.77 Å². The second kappa shape index (κ2) is 11.6. The molecule has 1 aromatic heterocycles. The summed E-state index contributed by atoms with van der Waals surface area (Å²) in [6.07, 6.45) is 3.07. The van der Waals surface area contributed by atoms with Gasteiger partial charge in [0.2, 0.25) is 5.12 Å². The van der Waals surface area contributed by atoms with Gasteiger partial charge in [-0.25, -0.2) is 4.79 Å². The molecule has 4 aromatic rings. The molecule has 3 aromatic carbocycles. The minimum Gasteiger partial charge on any atom is -0.462 e. The summed E-state index contributed by atoms with van der Waals surface area (Å²) in [6, 6.07) is 27.2. The molecule has 0 aliphatic rings. The predicted octanol–water partition coefficient (Wildman–Crippen LogP) is 5.87. The van der Waals surface area contributed by atoms with Crippen molar-refractivity contribution in [1.82, 2.24) is 9.13 Å². The minimum atomic E-state index is -0.825. The number of nitrogens with zero attached hydrogens (tertiary/aromatic N) is 2. The van der Waals surface area contributed by atoms with Gasteiger partial charge < -0.3 is 4.74 Å². The van der Waals surface area contributed by atoms with E-state index in [0.29, 0.717) is 11.4 Å². The summed E-state index contributed by atoms with van der Waals surface area (Å²) in [5.41, 5.74) is 1.02. The highest BCUT2D eigenvalue weighted by molar-refractivity contribution is 8.14. The number of ether oxygens (including phenoxy) is 1. The molecule has 0 radical (unpaired) electrons. The summed E-state index contributed by atoms with van der Waals surface area (Å²) in [5.74, 6) is -0.825. The molecule has 0 bridgehead atoms. The van der Waals surface area contributed by atoms with Gasteiger partial charge in [0, 0.05) is 5.69 Å². The van der Waals surface area contributed by atoms with Crippen molar-refractivity contribution in [1.29, 1.82) is 0 Å². The number of aromatic nitrogens is 2. The van der Waals surface area contributed by atoms with E-state index in [1.165, 1.54) is 10.6 Å². The molecule has 8 heteroatoms. The van der Waals surface area contributed by atoms with Crippen molar-refractivity contribution in [3.8, 4) is 11.4 Å². The highest BCUT2D eigenvalue weighted by Crippen LogP contribution is 2.28. The van der Waals surface area contributed by atoms with Gasteiger partial charge in [0.15, 0.2) is 10.3 Å². The summed E-state index contributed by atoms with van der Waals surface area (Å²) < 4.78 is 8.20. The second-order valence-electron chi connectivity index (χ2n) is 7.50. The van der Waals surface area contributed by atoms with Gasteiger partial charge in [0.25, 0.3) is 5.56 Å². The van der Waals surface area contributed by atoms with Crippen LogP contribution in [-0.2, 0) is 9.53 Å². The van der Waals surface area contributed by atoms with Crippen LogP contribution < -0.4 is 5.56 Å². The fraction of sp³-hybridized carbons (Fsp3) is 0.0714. The Balaban J connectivity index is 1.96. The van der Waals surface area contributed by atoms with Crippen molar-refractivity contribution in [2.45, 2.75) is 11.9 Å². The topological polar surface area (TPSA) is 70.3 Å². The molecule has 6 nitrogen and oxygen atoms in total. The standard InChI is InChI=1S/C28H22N2O4S2/c1-2-34-27(33)24-25(32)29(21-14-8-4-9-15-21)28(35)30(22-16-10-5-11-17-22)26(24)36-23(31)19-18-20-12-6-3-7-13-20/h3-19H,2H2,1H3/b19-18+. The second-order valence-corrected chi connectivity index (χ2v) is 8.85. The number of thioether (sulfide) groups is 1. The summed E-state index contributed by atoms with van der Waals surface area (Å²) in [6.45, 7) is 1.72. The number of benzene rings is 3. The van der Waals surface area contributed by atoms with Gasteiger partial charge in [-0.2, -0.15) is 0 Å². The van der Waals surface area contributed by atoms with Crippen LogP contribution in [0.2, 0.25) is 0 Å². The smallest absolute Gasteiger partial charge is 0.346 e. The van der Waals surface area contributed by atoms with E-state index in [1.54, 1.807) is 54.0 Å². The Hall–Kier alpha value is -4.01. The molecule has 0 saturated heterocycles. The van der Waals surface area contributed by atoms with Crippen LogP contribution in [0.4, 0.5) is 0 Å². The first-order valence-electron chi connectivity index (χ1n) is 11.2. The molecule has 36 heavy (non-hydrogen) atoms. The molecule has 0 fully saturated rings. The zero-order valence-electron chi connectivity index (χ0n) is 19.4. The van der Waals surface area contributed by atoms with Gasteiger partial charge in [-0.15, -0.1) is 0 Å². The van der Waals surface area contributed by atoms with Gasteiger partial charge in [-0.05, 0) is 66.8 Å². The van der Waals surface area contributed by atoms with Crippen LogP contribution in [0.25, 0.3) is 17.5 Å². The van der Waals surface area contributed by atoms with E-state index < -0.39 is 11.5 Å². The molecule has 0 amide bonds. The minimum absolute atomic E-state index is 0.0660. The normalized spacial score (nSPS) is 10.9. The third-order valence-corrected chi connectivity index (χ3v) is 6.42. The first-order valence-corrected chi connectivity index (χ1v) is 12.4. The maximum atomic E-state index is 13.7. The lowest BCUT2D eigenvalue weighted by atomic mass is 10.2. The van der Waals surface area contributed by atoms with Crippen molar-refractivity contribution in [3.05, 3.63) is 123 Å². The van der Waals surface area contributed by atoms with E-state index >= 15 is 0 Å². The van der Waals surface area contributed by atoms with E-state index in [4.69, 9.17) is 17.0 Å². The van der Waals surface area contributed by atoms with E-state index in [2.05, 4.69) is 0 Å². The number of carbonyl (C=O) groups excluding carboxylic acids is 2. The SMILES string of the molecule is CCOC(=O)c1c(SC(=O)/C=C/c2ccccc2)n(-c2ccccc2)c(=S)n(-c2ccccc2)c1=O. The maximum absolute atomic E-state index is 13.7. The van der Waals surface area contributed by atoms with Gasteiger partial charge in [-0.1, -0.05) is 72.8 Å². The first-order chi connectivity index (χ1) is 17.5. The average Bonchev–Trinajstić information content (AvgIpc) is 2.89. The third-order valence-electron chi connectivity index (χ3n) is 5.13. The summed E-state index contributed by atoms with van der Waals surface area (Å²) in [7, 11) is 0. The fourth-order valence-electron chi connectivity index (χ4n) is 3.53. The molecule has 0 aliphatic heterocycles. The van der Waals surface area contributed by atoms with E-state index in [0.717, 1.165) is 17.3 Å². The lowest BCUT2D eigenvalue weighted by Crippen LogP contribution is -2.32. The quantitative estimate of drug-likeness (QED) is 0.101. The lowest BCUT2D eigenvalue weighted by Gasteiger charge is -2.19. The van der Waals surface area contributed by atoms with Crippen molar-refractivity contribution in [3.63, 3.8) is 0 Å².